The Hall–Kier alpha value is -0.923. The van der Waals surface area contributed by atoms with Crippen molar-refractivity contribution < 1.29 is 28.6 Å². The number of esters is 1. The summed E-state index contributed by atoms with van der Waals surface area (Å²) in [7, 11) is -2.21. The van der Waals surface area contributed by atoms with Crippen LogP contribution in [-0.4, -0.2) is 49.8 Å². The first-order valence-electron chi connectivity index (χ1n) is 9.34. The van der Waals surface area contributed by atoms with Crippen LogP contribution in [0.15, 0.2) is 0 Å². The smallest absolute Gasteiger partial charge is 0.332 e. The van der Waals surface area contributed by atoms with Gasteiger partial charge < -0.3 is 19.0 Å². The van der Waals surface area contributed by atoms with E-state index >= 15 is 0 Å². The fourth-order valence-electron chi connectivity index (χ4n) is 3.27. The molecule has 1 saturated heterocycles. The lowest BCUT2D eigenvalue weighted by Crippen LogP contribution is -2.52. The maximum atomic E-state index is 12.8. The minimum atomic E-state index is -2.21. The van der Waals surface area contributed by atoms with E-state index in [1.165, 1.54) is 0 Å². The first-order chi connectivity index (χ1) is 11.6. The third-order valence-electron chi connectivity index (χ3n) is 4.92. The summed E-state index contributed by atoms with van der Waals surface area (Å²) >= 11 is 0. The Morgan fingerprint density at radius 1 is 1.20 bits per heavy atom. The molecule has 7 heteroatoms. The van der Waals surface area contributed by atoms with E-state index in [-0.39, 0.29) is 0 Å². The van der Waals surface area contributed by atoms with Crippen LogP contribution >= 0.6 is 0 Å². The Morgan fingerprint density at radius 2 is 1.76 bits per heavy atom. The van der Waals surface area contributed by atoms with Gasteiger partial charge in [0.05, 0.1) is 6.10 Å². The minimum absolute atomic E-state index is 0.465. The van der Waals surface area contributed by atoms with Gasteiger partial charge in [-0.1, -0.05) is 20.8 Å². The third-order valence-corrected chi connectivity index (χ3v) is 9.54. The molecule has 0 bridgehead atoms. The summed E-state index contributed by atoms with van der Waals surface area (Å²) in [5, 5.41) is 9.84. The average molecular weight is 375 g/mol. The molecule has 0 spiro atoms. The van der Waals surface area contributed by atoms with E-state index in [1.54, 1.807) is 20.8 Å². The molecule has 0 radical (unpaired) electrons. The molecular formula is C18H34O6Si. The number of aliphatic carboxylic acids is 1. The van der Waals surface area contributed by atoms with E-state index in [1.807, 2.05) is 20.8 Å². The van der Waals surface area contributed by atoms with Crippen molar-refractivity contribution in [1.29, 1.82) is 0 Å². The highest BCUT2D eigenvalue weighted by Gasteiger charge is 2.47. The molecule has 0 aromatic rings. The van der Waals surface area contributed by atoms with E-state index in [2.05, 4.69) is 0 Å². The fraction of sp³-hybridized carbons (Fsp3) is 0.889. The van der Waals surface area contributed by atoms with E-state index < -0.39 is 44.0 Å². The molecule has 1 fully saturated rings. The van der Waals surface area contributed by atoms with Crippen LogP contribution in [0.5, 0.6) is 0 Å². The van der Waals surface area contributed by atoms with Gasteiger partial charge in [0.2, 0.25) is 0 Å². The van der Waals surface area contributed by atoms with Crippen molar-refractivity contribution in [3.63, 3.8) is 0 Å². The zero-order chi connectivity index (χ0) is 19.3. The summed E-state index contributed by atoms with van der Waals surface area (Å²) < 4.78 is 17.4. The first-order valence-corrected chi connectivity index (χ1v) is 11.9. The van der Waals surface area contributed by atoms with Gasteiger partial charge in [-0.05, 0) is 51.7 Å². The summed E-state index contributed by atoms with van der Waals surface area (Å²) in [5.74, 6) is -2.59. The van der Waals surface area contributed by atoms with Crippen molar-refractivity contribution >= 4 is 20.3 Å². The largest absolute Gasteiger partial charge is 0.479 e. The van der Waals surface area contributed by atoms with Crippen LogP contribution < -0.4 is 0 Å². The number of hydrogen-bond acceptors (Lipinski definition) is 5. The topological polar surface area (TPSA) is 82.1 Å². The molecule has 0 aliphatic carbocycles. The van der Waals surface area contributed by atoms with Gasteiger partial charge in [0.15, 0.2) is 14.4 Å². The van der Waals surface area contributed by atoms with Gasteiger partial charge in [-0.25, -0.2) is 4.79 Å². The normalized spacial score (nSPS) is 21.0. The van der Waals surface area contributed by atoms with Crippen LogP contribution in [0.2, 0.25) is 18.1 Å². The van der Waals surface area contributed by atoms with Gasteiger partial charge in [-0.2, -0.15) is 0 Å². The van der Waals surface area contributed by atoms with Crippen LogP contribution in [-0.2, 0) is 23.5 Å². The maximum absolute atomic E-state index is 12.8. The predicted octanol–water partition coefficient (Wildman–Crippen LogP) is 3.60. The van der Waals surface area contributed by atoms with Crippen molar-refractivity contribution in [2.75, 3.05) is 6.61 Å². The second kappa shape index (κ2) is 9.14. The average Bonchev–Trinajstić information content (AvgIpc) is 3.03. The molecule has 25 heavy (non-hydrogen) atoms. The Morgan fingerprint density at radius 3 is 2.12 bits per heavy atom. The Kier molecular flexibility index (Phi) is 8.09. The van der Waals surface area contributed by atoms with Crippen LogP contribution in [0, 0.1) is 5.92 Å². The molecule has 0 aromatic carbocycles. The van der Waals surface area contributed by atoms with E-state index in [9.17, 15) is 14.7 Å². The number of rotatable bonds is 9. The van der Waals surface area contributed by atoms with Gasteiger partial charge in [0.25, 0.3) is 0 Å². The summed E-state index contributed by atoms with van der Waals surface area (Å²) in [4.78, 5) is 24.8. The molecule has 1 heterocycles. The second-order valence-corrected chi connectivity index (χ2v) is 12.5. The molecule has 0 saturated carbocycles. The van der Waals surface area contributed by atoms with Crippen molar-refractivity contribution in [2.24, 2.45) is 5.92 Å². The van der Waals surface area contributed by atoms with E-state index in [0.29, 0.717) is 13.0 Å². The molecule has 146 valence electrons. The zero-order valence-electron chi connectivity index (χ0n) is 16.5. The van der Waals surface area contributed by atoms with Crippen LogP contribution in [0.3, 0.4) is 0 Å². The zero-order valence-corrected chi connectivity index (χ0v) is 17.5. The SMILES string of the molecule is CC[Si](CC)(CC)O[C@@H](C(=O)O)[C@@H](C(=O)OC(C)(C)C)[C@H]1CCCO1. The molecular weight excluding hydrogens is 340 g/mol. The lowest BCUT2D eigenvalue weighted by atomic mass is 9.93. The Labute approximate surface area is 152 Å². The molecule has 0 unspecified atom stereocenters. The lowest BCUT2D eigenvalue weighted by molar-refractivity contribution is -0.176. The summed E-state index contributed by atoms with van der Waals surface area (Å²) in [5.41, 5.74) is -0.689. The Bertz CT molecular complexity index is 441. The summed E-state index contributed by atoms with van der Waals surface area (Å²) in [6.07, 6.45) is -0.220. The number of ether oxygens (including phenoxy) is 2. The molecule has 1 rings (SSSR count). The Balaban J connectivity index is 3.16. The predicted molar refractivity (Wildman–Crippen MR) is 98.0 cm³/mol. The molecule has 0 amide bonds. The van der Waals surface area contributed by atoms with Gasteiger partial charge in [-0.15, -0.1) is 0 Å². The highest BCUT2D eigenvalue weighted by Crippen LogP contribution is 2.32. The van der Waals surface area contributed by atoms with Gasteiger partial charge in [-0.3, -0.25) is 4.79 Å². The molecule has 3 atom stereocenters. The number of carboxylic acid groups (broad SMARTS) is 1. The van der Waals surface area contributed by atoms with Crippen molar-refractivity contribution in [3.8, 4) is 0 Å². The van der Waals surface area contributed by atoms with Crippen LogP contribution in [0.4, 0.5) is 0 Å². The fourth-order valence-corrected chi connectivity index (χ4v) is 6.06. The molecule has 1 aliphatic rings. The number of carbonyl (C=O) groups is 2. The molecule has 6 nitrogen and oxygen atoms in total. The number of hydrogen-bond donors (Lipinski definition) is 1. The van der Waals surface area contributed by atoms with Crippen molar-refractivity contribution in [2.45, 2.75) is 90.3 Å². The minimum Gasteiger partial charge on any atom is -0.479 e. The van der Waals surface area contributed by atoms with Gasteiger partial charge >= 0.3 is 11.9 Å². The highest BCUT2D eigenvalue weighted by atomic mass is 28.4. The van der Waals surface area contributed by atoms with E-state index in [4.69, 9.17) is 13.9 Å². The monoisotopic (exact) mass is 374 g/mol. The molecule has 1 aliphatic heterocycles. The standard InChI is InChI=1S/C18H34O6Si/c1-7-25(8-2,9-3)24-15(16(19)20)14(13-11-10-12-22-13)17(21)23-18(4,5)6/h13-15H,7-12H2,1-6H3,(H,19,20)/t13-,14+,15-/m1/s1. The van der Waals surface area contributed by atoms with Gasteiger partial charge in [0.1, 0.15) is 11.5 Å². The molecule has 1 N–H and O–H groups in total. The quantitative estimate of drug-likeness (QED) is 0.490. The second-order valence-electron chi connectivity index (χ2n) is 7.73. The van der Waals surface area contributed by atoms with Crippen molar-refractivity contribution in [3.05, 3.63) is 0 Å². The van der Waals surface area contributed by atoms with Crippen LogP contribution in [0.1, 0.15) is 54.4 Å². The number of carbonyl (C=O) groups excluding carboxylic acids is 1. The summed E-state index contributed by atoms with van der Waals surface area (Å²) in [6, 6.07) is 2.45. The van der Waals surface area contributed by atoms with Gasteiger partial charge in [0, 0.05) is 6.61 Å². The number of carboxylic acids is 1. The maximum Gasteiger partial charge on any atom is 0.332 e. The summed E-state index contributed by atoms with van der Waals surface area (Å²) in [6.45, 7) is 12.0. The van der Waals surface area contributed by atoms with Crippen LogP contribution in [0.25, 0.3) is 0 Å². The van der Waals surface area contributed by atoms with E-state index in [0.717, 1.165) is 24.6 Å². The highest BCUT2D eigenvalue weighted by molar-refractivity contribution is 6.73. The third kappa shape index (κ3) is 6.08. The lowest BCUT2D eigenvalue weighted by Gasteiger charge is -2.36. The molecule has 0 aromatic heterocycles. The first kappa shape index (κ1) is 22.1. The van der Waals surface area contributed by atoms with Crippen molar-refractivity contribution in [1.82, 2.24) is 0 Å².